The van der Waals surface area contributed by atoms with E-state index in [2.05, 4.69) is 16.0 Å². The third kappa shape index (κ3) is 8.84. The van der Waals surface area contributed by atoms with Gasteiger partial charge in [-0.25, -0.2) is 4.39 Å². The number of thioether (sulfide) groups is 1. The molecule has 0 bridgehead atoms. The SMILES string of the molecule is COc1ccc(/C=C(/NC(=O)c2ccccc2)C(=O)Nc2cccc(SCC(=O)Nc3ccc(F)c(Cl)c3)c2)c(OC)c1. The van der Waals surface area contributed by atoms with Gasteiger partial charge in [0, 0.05) is 33.5 Å². The maximum absolute atomic E-state index is 13.5. The summed E-state index contributed by atoms with van der Waals surface area (Å²) < 4.78 is 24.1. The van der Waals surface area contributed by atoms with Crippen LogP contribution >= 0.6 is 23.4 Å². The van der Waals surface area contributed by atoms with Crippen molar-refractivity contribution in [1.29, 1.82) is 0 Å². The Morgan fingerprint density at radius 2 is 1.63 bits per heavy atom. The van der Waals surface area contributed by atoms with Crippen LogP contribution in [-0.4, -0.2) is 37.7 Å². The van der Waals surface area contributed by atoms with Gasteiger partial charge in [0.1, 0.15) is 23.0 Å². The molecule has 4 rings (SSSR count). The fourth-order valence-electron chi connectivity index (χ4n) is 3.82. The van der Waals surface area contributed by atoms with Gasteiger partial charge in [0.25, 0.3) is 11.8 Å². The normalized spacial score (nSPS) is 10.9. The standard InChI is InChI=1S/C32H27ClFN3O5S/c1-41-24-13-11-21(29(18-24)42-2)15-28(37-31(39)20-7-4-3-5-8-20)32(40)36-22-9-6-10-25(16-22)43-19-30(38)35-23-12-14-27(34)26(33)17-23/h3-18H,19H2,1-2H3,(H,35,38)(H,36,40)(H,37,39)/b28-15+. The molecule has 43 heavy (non-hydrogen) atoms. The molecule has 0 atom stereocenters. The lowest BCUT2D eigenvalue weighted by Gasteiger charge is -2.13. The summed E-state index contributed by atoms with van der Waals surface area (Å²) in [5, 5.41) is 8.08. The Kier molecular flexibility index (Phi) is 10.8. The minimum absolute atomic E-state index is 0.0206. The monoisotopic (exact) mass is 619 g/mol. The molecule has 0 radical (unpaired) electrons. The van der Waals surface area contributed by atoms with E-state index in [9.17, 15) is 18.8 Å². The lowest BCUT2D eigenvalue weighted by atomic mass is 10.1. The molecule has 0 saturated carbocycles. The number of hydrogen-bond acceptors (Lipinski definition) is 6. The molecule has 0 saturated heterocycles. The second-order valence-corrected chi connectivity index (χ2v) is 10.4. The zero-order valence-corrected chi connectivity index (χ0v) is 24.7. The lowest BCUT2D eigenvalue weighted by molar-refractivity contribution is -0.114. The molecular weight excluding hydrogens is 593 g/mol. The first-order chi connectivity index (χ1) is 20.7. The number of nitrogens with one attached hydrogen (secondary N) is 3. The van der Waals surface area contributed by atoms with Crippen LogP contribution < -0.4 is 25.4 Å². The Bertz CT molecular complexity index is 1670. The van der Waals surface area contributed by atoms with Crippen molar-refractivity contribution in [2.45, 2.75) is 4.90 Å². The summed E-state index contributed by atoms with van der Waals surface area (Å²) in [4.78, 5) is 39.6. The van der Waals surface area contributed by atoms with Crippen molar-refractivity contribution in [2.75, 3.05) is 30.6 Å². The molecule has 220 valence electrons. The van der Waals surface area contributed by atoms with E-state index in [1.165, 1.54) is 50.3 Å². The van der Waals surface area contributed by atoms with E-state index >= 15 is 0 Å². The zero-order chi connectivity index (χ0) is 30.8. The molecule has 11 heteroatoms. The number of anilines is 2. The Morgan fingerprint density at radius 1 is 0.860 bits per heavy atom. The molecule has 0 heterocycles. The highest BCUT2D eigenvalue weighted by atomic mass is 35.5. The highest BCUT2D eigenvalue weighted by Gasteiger charge is 2.17. The molecule has 4 aromatic rings. The number of carbonyl (C=O) groups is 3. The van der Waals surface area contributed by atoms with Gasteiger partial charge in [-0.3, -0.25) is 14.4 Å². The Morgan fingerprint density at radius 3 is 2.35 bits per heavy atom. The largest absolute Gasteiger partial charge is 0.497 e. The number of amides is 3. The molecule has 0 fully saturated rings. The lowest BCUT2D eigenvalue weighted by Crippen LogP contribution is -2.30. The van der Waals surface area contributed by atoms with Crippen molar-refractivity contribution < 1.29 is 28.2 Å². The van der Waals surface area contributed by atoms with E-state index in [-0.39, 0.29) is 22.4 Å². The van der Waals surface area contributed by atoms with Crippen LogP contribution in [0.2, 0.25) is 5.02 Å². The molecule has 0 aromatic heterocycles. The number of benzene rings is 4. The molecule has 0 aliphatic heterocycles. The first-order valence-corrected chi connectivity index (χ1v) is 14.2. The van der Waals surface area contributed by atoms with Crippen molar-refractivity contribution in [1.82, 2.24) is 5.32 Å². The minimum atomic E-state index is -0.575. The number of ether oxygens (including phenoxy) is 2. The average Bonchev–Trinajstić information content (AvgIpc) is 3.02. The molecule has 4 aromatic carbocycles. The maximum Gasteiger partial charge on any atom is 0.272 e. The van der Waals surface area contributed by atoms with Crippen molar-refractivity contribution in [2.24, 2.45) is 0 Å². The van der Waals surface area contributed by atoms with Gasteiger partial charge in [-0.05, 0) is 66.7 Å². The summed E-state index contributed by atoms with van der Waals surface area (Å²) in [6.07, 6.45) is 1.51. The second-order valence-electron chi connectivity index (χ2n) is 8.93. The molecule has 8 nitrogen and oxygen atoms in total. The number of methoxy groups -OCH3 is 2. The van der Waals surface area contributed by atoms with Crippen LogP contribution in [0.5, 0.6) is 11.5 Å². The van der Waals surface area contributed by atoms with E-state index in [0.717, 1.165) is 0 Å². The summed E-state index contributed by atoms with van der Waals surface area (Å²) in [6.45, 7) is 0. The summed E-state index contributed by atoms with van der Waals surface area (Å²) in [5.41, 5.74) is 1.72. The van der Waals surface area contributed by atoms with E-state index in [1.54, 1.807) is 72.8 Å². The molecule has 0 aliphatic carbocycles. The van der Waals surface area contributed by atoms with Gasteiger partial charge in [-0.15, -0.1) is 11.8 Å². The van der Waals surface area contributed by atoms with Crippen LogP contribution in [0.3, 0.4) is 0 Å². The van der Waals surface area contributed by atoms with Crippen LogP contribution in [0, 0.1) is 5.82 Å². The quantitative estimate of drug-likeness (QED) is 0.128. The first kappa shape index (κ1) is 31.1. The summed E-state index contributed by atoms with van der Waals surface area (Å²) in [6, 6.07) is 24.4. The predicted molar refractivity (Wildman–Crippen MR) is 167 cm³/mol. The molecule has 0 aliphatic rings. The number of halogens is 2. The third-order valence-corrected chi connectivity index (χ3v) is 7.22. The molecular formula is C32H27ClFN3O5S. The maximum atomic E-state index is 13.5. The van der Waals surface area contributed by atoms with Crippen LogP contribution in [-0.2, 0) is 9.59 Å². The van der Waals surface area contributed by atoms with Gasteiger partial charge < -0.3 is 25.4 Å². The van der Waals surface area contributed by atoms with Crippen LogP contribution in [0.15, 0.2) is 102 Å². The van der Waals surface area contributed by atoms with Gasteiger partial charge in [-0.1, -0.05) is 35.9 Å². The number of hydrogen-bond donors (Lipinski definition) is 3. The zero-order valence-electron chi connectivity index (χ0n) is 23.2. The van der Waals surface area contributed by atoms with E-state index in [1.807, 2.05) is 0 Å². The highest BCUT2D eigenvalue weighted by molar-refractivity contribution is 8.00. The summed E-state index contributed by atoms with van der Waals surface area (Å²) in [7, 11) is 3.02. The van der Waals surface area contributed by atoms with Gasteiger partial charge in [0.2, 0.25) is 5.91 Å². The Balaban J connectivity index is 1.50. The van der Waals surface area contributed by atoms with Gasteiger partial charge in [0.05, 0.1) is 25.0 Å². The Labute approximate surface area is 257 Å². The first-order valence-electron chi connectivity index (χ1n) is 12.8. The second kappa shape index (κ2) is 14.9. The van der Waals surface area contributed by atoms with E-state index < -0.39 is 17.6 Å². The van der Waals surface area contributed by atoms with Gasteiger partial charge in [-0.2, -0.15) is 0 Å². The molecule has 0 unspecified atom stereocenters. The molecule has 0 spiro atoms. The van der Waals surface area contributed by atoms with Gasteiger partial charge in [0.15, 0.2) is 0 Å². The van der Waals surface area contributed by atoms with E-state index in [4.69, 9.17) is 21.1 Å². The van der Waals surface area contributed by atoms with Gasteiger partial charge >= 0.3 is 0 Å². The van der Waals surface area contributed by atoms with Crippen molar-refractivity contribution in [3.05, 3.63) is 119 Å². The van der Waals surface area contributed by atoms with Crippen LogP contribution in [0.4, 0.5) is 15.8 Å². The minimum Gasteiger partial charge on any atom is -0.497 e. The van der Waals surface area contributed by atoms with Crippen molar-refractivity contribution in [3.63, 3.8) is 0 Å². The number of carbonyl (C=O) groups excluding carboxylic acids is 3. The summed E-state index contributed by atoms with van der Waals surface area (Å²) >= 11 is 7.02. The van der Waals surface area contributed by atoms with Crippen molar-refractivity contribution >= 4 is 58.5 Å². The van der Waals surface area contributed by atoms with Crippen LogP contribution in [0.25, 0.3) is 6.08 Å². The fourth-order valence-corrected chi connectivity index (χ4v) is 4.75. The van der Waals surface area contributed by atoms with E-state index in [0.29, 0.717) is 38.9 Å². The van der Waals surface area contributed by atoms with Crippen LogP contribution in [0.1, 0.15) is 15.9 Å². The third-order valence-electron chi connectivity index (χ3n) is 5.93. The fraction of sp³-hybridized carbons (Fsp3) is 0.0938. The van der Waals surface area contributed by atoms with Crippen molar-refractivity contribution in [3.8, 4) is 11.5 Å². The average molecular weight is 620 g/mol. The highest BCUT2D eigenvalue weighted by Crippen LogP contribution is 2.27. The topological polar surface area (TPSA) is 106 Å². The molecule has 3 N–H and O–H groups in total. The molecule has 3 amide bonds. The number of rotatable bonds is 11. The smallest absolute Gasteiger partial charge is 0.272 e. The predicted octanol–water partition coefficient (Wildman–Crippen LogP) is 6.64. The Hall–Kier alpha value is -4.80. The summed E-state index contributed by atoms with van der Waals surface area (Å²) in [5.74, 6) is -0.862.